The van der Waals surface area contributed by atoms with Crippen LogP contribution in [0.4, 0.5) is 0 Å². The van der Waals surface area contributed by atoms with Crippen molar-refractivity contribution in [1.82, 2.24) is 0 Å². The van der Waals surface area contributed by atoms with Crippen LogP contribution in [0.3, 0.4) is 0 Å². The van der Waals surface area contributed by atoms with E-state index in [0.29, 0.717) is 6.42 Å². The van der Waals surface area contributed by atoms with Gasteiger partial charge in [-0.2, -0.15) is 0 Å². The molecule has 0 amide bonds. The number of ketones is 1. The van der Waals surface area contributed by atoms with Gasteiger partial charge in [-0.05, 0) is 17.5 Å². The number of unbranched alkanes of at least 4 members (excludes halogenated alkanes) is 8. The van der Waals surface area contributed by atoms with E-state index in [1.54, 1.807) is 11.1 Å². The highest BCUT2D eigenvalue weighted by atomic mass is 79.9. The molecule has 0 spiro atoms. The Kier molecular flexibility index (Phi) is 12.9. The van der Waals surface area contributed by atoms with Crippen LogP contribution in [-0.4, -0.2) is 5.78 Å². The molecule has 0 aliphatic heterocycles. The van der Waals surface area contributed by atoms with Crippen LogP contribution >= 0.6 is 15.9 Å². The zero-order chi connectivity index (χ0) is 12.1. The fourth-order valence-corrected chi connectivity index (χ4v) is 2.06. The molecule has 94 valence electrons. The topological polar surface area (TPSA) is 17.1 Å². The first-order chi connectivity index (χ1) is 7.81. The van der Waals surface area contributed by atoms with Crippen LogP contribution in [0.5, 0.6) is 0 Å². The molecule has 0 aromatic heterocycles. The van der Waals surface area contributed by atoms with Gasteiger partial charge in [-0.1, -0.05) is 74.2 Å². The lowest BCUT2D eigenvalue weighted by Gasteiger charge is -2.00. The Morgan fingerprint density at radius 2 is 1.44 bits per heavy atom. The van der Waals surface area contributed by atoms with Crippen molar-refractivity contribution in [2.75, 3.05) is 0 Å². The average molecular weight is 289 g/mol. The van der Waals surface area contributed by atoms with Crippen molar-refractivity contribution in [3.8, 4) is 0 Å². The number of carbonyl (C=O) groups excluding carboxylic acids is 1. The van der Waals surface area contributed by atoms with E-state index in [9.17, 15) is 4.79 Å². The van der Waals surface area contributed by atoms with Crippen molar-refractivity contribution in [1.29, 1.82) is 0 Å². The largest absolute Gasteiger partial charge is 0.295 e. The minimum absolute atomic E-state index is 0.236. The Labute approximate surface area is 109 Å². The maximum atomic E-state index is 11.1. The van der Waals surface area contributed by atoms with Crippen LogP contribution in [0, 0.1) is 0 Å². The third-order valence-electron chi connectivity index (χ3n) is 2.78. The molecular formula is C14H25BrO. The summed E-state index contributed by atoms with van der Waals surface area (Å²) in [5.41, 5.74) is 0. The monoisotopic (exact) mass is 288 g/mol. The summed E-state index contributed by atoms with van der Waals surface area (Å²) in [5.74, 6) is 0.236. The van der Waals surface area contributed by atoms with Crippen molar-refractivity contribution in [2.24, 2.45) is 0 Å². The molecule has 0 aliphatic carbocycles. The van der Waals surface area contributed by atoms with Crippen molar-refractivity contribution < 1.29 is 4.79 Å². The summed E-state index contributed by atoms with van der Waals surface area (Å²) in [6.07, 6.45) is 14.0. The maximum absolute atomic E-state index is 11.1. The van der Waals surface area contributed by atoms with Crippen molar-refractivity contribution in [2.45, 2.75) is 71.1 Å². The molecule has 1 nitrogen and oxygen atoms in total. The first kappa shape index (κ1) is 15.9. The normalized spacial score (nSPS) is 11.1. The molecule has 0 aliphatic rings. The van der Waals surface area contributed by atoms with E-state index in [1.807, 2.05) is 0 Å². The van der Waals surface area contributed by atoms with Crippen LogP contribution < -0.4 is 0 Å². The highest BCUT2D eigenvalue weighted by Crippen LogP contribution is 2.10. The van der Waals surface area contributed by atoms with Crippen molar-refractivity contribution >= 4 is 21.7 Å². The van der Waals surface area contributed by atoms with Gasteiger partial charge < -0.3 is 0 Å². The molecule has 0 rings (SSSR count). The second kappa shape index (κ2) is 13.0. The minimum atomic E-state index is 0.236. The van der Waals surface area contributed by atoms with Crippen LogP contribution in [-0.2, 0) is 4.79 Å². The van der Waals surface area contributed by atoms with Gasteiger partial charge in [-0.15, -0.1) is 0 Å². The molecule has 0 unspecified atom stereocenters. The smallest absolute Gasteiger partial charge is 0.156 e. The lowest BCUT2D eigenvalue weighted by molar-refractivity contribution is -0.114. The quantitative estimate of drug-likeness (QED) is 0.368. The molecule has 0 heterocycles. The first-order valence-electron chi connectivity index (χ1n) is 6.61. The Balaban J connectivity index is 3.07. The summed E-state index contributed by atoms with van der Waals surface area (Å²) >= 11 is 3.11. The van der Waals surface area contributed by atoms with E-state index in [0.717, 1.165) is 6.42 Å². The Hall–Kier alpha value is -0.110. The number of rotatable bonds is 11. The summed E-state index contributed by atoms with van der Waals surface area (Å²) in [7, 11) is 0. The molecule has 0 radical (unpaired) electrons. The van der Waals surface area contributed by atoms with Gasteiger partial charge in [0.05, 0.1) is 0 Å². The van der Waals surface area contributed by atoms with E-state index >= 15 is 0 Å². The zero-order valence-electron chi connectivity index (χ0n) is 10.5. The van der Waals surface area contributed by atoms with E-state index in [1.165, 1.54) is 51.4 Å². The molecule has 0 N–H and O–H groups in total. The number of carbonyl (C=O) groups is 1. The van der Waals surface area contributed by atoms with Crippen LogP contribution in [0.2, 0.25) is 0 Å². The Bertz CT molecular complexity index is 187. The fraction of sp³-hybridized carbons (Fsp3) is 0.786. The summed E-state index contributed by atoms with van der Waals surface area (Å²) in [6, 6.07) is 0. The Morgan fingerprint density at radius 1 is 0.938 bits per heavy atom. The SMILES string of the molecule is CCCCCCCCCCCC(=O)/C=C/Br. The molecular weight excluding hydrogens is 264 g/mol. The molecule has 16 heavy (non-hydrogen) atoms. The lowest BCUT2D eigenvalue weighted by atomic mass is 10.1. The van der Waals surface area contributed by atoms with Gasteiger partial charge >= 0.3 is 0 Å². The zero-order valence-corrected chi connectivity index (χ0v) is 12.1. The molecule has 0 aromatic rings. The van der Waals surface area contributed by atoms with Gasteiger partial charge in [0.1, 0.15) is 0 Å². The van der Waals surface area contributed by atoms with Crippen molar-refractivity contribution in [3.63, 3.8) is 0 Å². The second-order valence-corrected chi connectivity index (χ2v) is 4.87. The third kappa shape index (κ3) is 12.0. The first-order valence-corrected chi connectivity index (χ1v) is 7.52. The van der Waals surface area contributed by atoms with Gasteiger partial charge in [0, 0.05) is 6.42 Å². The van der Waals surface area contributed by atoms with Gasteiger partial charge in [0.25, 0.3) is 0 Å². The fourth-order valence-electron chi connectivity index (χ4n) is 1.76. The second-order valence-electron chi connectivity index (χ2n) is 4.34. The minimum Gasteiger partial charge on any atom is -0.295 e. The predicted octanol–water partition coefficient (Wildman–Crippen LogP) is 5.39. The molecule has 0 aromatic carbocycles. The molecule has 0 atom stereocenters. The lowest BCUT2D eigenvalue weighted by Crippen LogP contribution is -1.91. The summed E-state index contributed by atoms with van der Waals surface area (Å²) < 4.78 is 0. The molecule has 0 bridgehead atoms. The number of hydrogen-bond acceptors (Lipinski definition) is 1. The van der Waals surface area contributed by atoms with E-state index in [2.05, 4.69) is 22.9 Å². The summed E-state index contributed by atoms with van der Waals surface area (Å²) in [5, 5.41) is 0. The molecule has 0 fully saturated rings. The van der Waals surface area contributed by atoms with Crippen LogP contribution in [0.25, 0.3) is 0 Å². The highest BCUT2D eigenvalue weighted by molar-refractivity contribution is 9.11. The molecule has 0 saturated carbocycles. The number of halogens is 1. The Morgan fingerprint density at radius 3 is 1.94 bits per heavy atom. The van der Waals surface area contributed by atoms with E-state index in [4.69, 9.17) is 0 Å². The summed E-state index contributed by atoms with van der Waals surface area (Å²) in [4.78, 5) is 12.8. The predicted molar refractivity (Wildman–Crippen MR) is 74.9 cm³/mol. The van der Waals surface area contributed by atoms with Crippen molar-refractivity contribution in [3.05, 3.63) is 11.1 Å². The third-order valence-corrected chi connectivity index (χ3v) is 3.04. The van der Waals surface area contributed by atoms with E-state index < -0.39 is 0 Å². The standard InChI is InChI=1S/C14H25BrO/c1-2-3-4-5-6-7-8-9-10-11-14(16)12-13-15/h12-13H,2-11H2,1H3/b13-12+. The number of hydrogen-bond donors (Lipinski definition) is 0. The molecule has 0 saturated heterocycles. The van der Waals surface area contributed by atoms with Gasteiger partial charge in [-0.3, -0.25) is 4.79 Å². The van der Waals surface area contributed by atoms with Gasteiger partial charge in [-0.25, -0.2) is 0 Å². The van der Waals surface area contributed by atoms with E-state index in [-0.39, 0.29) is 5.78 Å². The maximum Gasteiger partial charge on any atom is 0.156 e. The average Bonchev–Trinajstić information content (AvgIpc) is 2.27. The van der Waals surface area contributed by atoms with Crippen LogP contribution in [0.1, 0.15) is 71.1 Å². The summed E-state index contributed by atoms with van der Waals surface area (Å²) in [6.45, 7) is 2.25. The molecule has 2 heteroatoms. The van der Waals surface area contributed by atoms with Crippen LogP contribution in [0.15, 0.2) is 11.1 Å². The highest BCUT2D eigenvalue weighted by Gasteiger charge is 1.96. The van der Waals surface area contributed by atoms with Gasteiger partial charge in [0.15, 0.2) is 5.78 Å². The number of allylic oxidation sites excluding steroid dienone is 1. The van der Waals surface area contributed by atoms with Gasteiger partial charge in [0.2, 0.25) is 0 Å².